The molecule has 0 atom stereocenters. The van der Waals surface area contributed by atoms with E-state index in [1.165, 1.54) is 11.3 Å². The molecule has 0 unspecified atom stereocenters. The number of aromatic nitrogens is 2. The smallest absolute Gasteiger partial charge is 0.291 e. The van der Waals surface area contributed by atoms with Gasteiger partial charge in [-0.25, -0.2) is 0 Å². The van der Waals surface area contributed by atoms with E-state index in [-0.39, 0.29) is 30.4 Å². The zero-order valence-electron chi connectivity index (χ0n) is 21.8. The summed E-state index contributed by atoms with van der Waals surface area (Å²) in [5.74, 6) is 1.26. The largest absolute Gasteiger partial charge is 0.495 e. The first-order valence-corrected chi connectivity index (χ1v) is 13.8. The number of methoxy groups -OCH3 is 1. The Kier molecular flexibility index (Phi) is 7.19. The Morgan fingerprint density at radius 3 is 2.62 bits per heavy atom. The maximum absolute atomic E-state index is 13.6. The summed E-state index contributed by atoms with van der Waals surface area (Å²) < 4.78 is 16.8. The molecule has 0 spiro atoms. The third-order valence-electron chi connectivity index (χ3n) is 6.82. The average Bonchev–Trinajstić information content (AvgIpc) is 3.77. The standard InChI is InChI=1S/C29H27N5O5S/c1-37-22-10-5-3-8-20(22)33-14-16-34(17-15-33)29(36)27-26(19-7-2-4-9-21(19)38-27)30-24(35)12-13-25-31-28(32-39-25)23-11-6-18-40-23/h2-11,18H,12-17H2,1H3,(H,30,35). The second-order valence-electron chi connectivity index (χ2n) is 9.29. The van der Waals surface area contributed by atoms with Crippen LogP contribution in [0.5, 0.6) is 5.75 Å². The van der Waals surface area contributed by atoms with E-state index in [9.17, 15) is 9.59 Å². The number of piperazine rings is 1. The first-order valence-electron chi connectivity index (χ1n) is 13.0. The van der Waals surface area contributed by atoms with Crippen LogP contribution in [0.25, 0.3) is 21.7 Å². The molecule has 204 valence electrons. The van der Waals surface area contributed by atoms with Crippen molar-refractivity contribution in [3.63, 3.8) is 0 Å². The van der Waals surface area contributed by atoms with E-state index in [0.717, 1.165) is 16.3 Å². The van der Waals surface area contributed by atoms with Crippen LogP contribution in [-0.4, -0.2) is 60.1 Å². The highest BCUT2D eigenvalue weighted by molar-refractivity contribution is 7.13. The SMILES string of the molecule is COc1ccccc1N1CCN(C(=O)c2oc3ccccc3c2NC(=O)CCc2nc(-c3cccs3)no2)CC1. The van der Waals surface area contributed by atoms with Gasteiger partial charge in [0, 0.05) is 44.4 Å². The van der Waals surface area contributed by atoms with Crippen molar-refractivity contribution in [2.24, 2.45) is 0 Å². The lowest BCUT2D eigenvalue weighted by molar-refractivity contribution is -0.116. The van der Waals surface area contributed by atoms with Gasteiger partial charge in [0.15, 0.2) is 0 Å². The van der Waals surface area contributed by atoms with Crippen molar-refractivity contribution in [3.05, 3.63) is 77.7 Å². The van der Waals surface area contributed by atoms with Gasteiger partial charge in [-0.1, -0.05) is 35.5 Å². The highest BCUT2D eigenvalue weighted by Crippen LogP contribution is 2.33. The molecule has 1 aliphatic rings. The van der Waals surface area contributed by atoms with E-state index >= 15 is 0 Å². The molecule has 0 bridgehead atoms. The number of benzene rings is 2. The van der Waals surface area contributed by atoms with E-state index < -0.39 is 0 Å². The van der Waals surface area contributed by atoms with Gasteiger partial charge in [-0.3, -0.25) is 9.59 Å². The fraction of sp³-hybridized carbons (Fsp3) is 0.241. The number of para-hydroxylation sites is 3. The summed E-state index contributed by atoms with van der Waals surface area (Å²) in [6, 6.07) is 19.0. The zero-order chi connectivity index (χ0) is 27.5. The molecule has 6 rings (SSSR count). The Labute approximate surface area is 234 Å². The van der Waals surface area contributed by atoms with Gasteiger partial charge in [0.2, 0.25) is 23.4 Å². The van der Waals surface area contributed by atoms with Crippen LogP contribution < -0.4 is 15.0 Å². The van der Waals surface area contributed by atoms with E-state index in [1.807, 2.05) is 60.0 Å². The van der Waals surface area contributed by atoms with Crippen LogP contribution in [0.4, 0.5) is 11.4 Å². The Bertz CT molecular complexity index is 1640. The number of anilines is 2. The number of amides is 2. The van der Waals surface area contributed by atoms with Crippen molar-refractivity contribution in [1.82, 2.24) is 15.0 Å². The van der Waals surface area contributed by atoms with E-state index in [2.05, 4.69) is 20.4 Å². The molecule has 2 amide bonds. The van der Waals surface area contributed by atoms with Crippen molar-refractivity contribution in [2.75, 3.05) is 43.5 Å². The third kappa shape index (κ3) is 5.15. The molecule has 4 heterocycles. The molecule has 0 aliphatic carbocycles. The lowest BCUT2D eigenvalue weighted by Gasteiger charge is -2.36. The Morgan fingerprint density at radius 2 is 1.82 bits per heavy atom. The minimum absolute atomic E-state index is 0.108. The summed E-state index contributed by atoms with van der Waals surface area (Å²) in [7, 11) is 1.65. The maximum Gasteiger partial charge on any atom is 0.291 e. The predicted octanol–water partition coefficient (Wildman–Crippen LogP) is 5.09. The van der Waals surface area contributed by atoms with Crippen LogP contribution in [0.15, 0.2) is 75.0 Å². The molecule has 1 fully saturated rings. The number of hydrogen-bond donors (Lipinski definition) is 1. The number of thiophene rings is 1. The molecule has 5 aromatic rings. The highest BCUT2D eigenvalue weighted by atomic mass is 32.1. The first kappa shape index (κ1) is 25.6. The quantitative estimate of drug-likeness (QED) is 0.281. The maximum atomic E-state index is 13.6. The molecule has 40 heavy (non-hydrogen) atoms. The van der Waals surface area contributed by atoms with Crippen molar-refractivity contribution in [1.29, 1.82) is 0 Å². The number of nitrogens with one attached hydrogen (secondary N) is 1. The minimum Gasteiger partial charge on any atom is -0.495 e. The molecule has 0 saturated carbocycles. The van der Waals surface area contributed by atoms with Crippen molar-refractivity contribution in [3.8, 4) is 16.5 Å². The second kappa shape index (κ2) is 11.2. The Morgan fingerprint density at radius 1 is 1.02 bits per heavy atom. The van der Waals surface area contributed by atoms with Gasteiger partial charge in [0.1, 0.15) is 17.0 Å². The monoisotopic (exact) mass is 557 g/mol. The molecular formula is C29H27N5O5S. The number of hydrogen-bond acceptors (Lipinski definition) is 9. The van der Waals surface area contributed by atoms with Gasteiger partial charge in [-0.15, -0.1) is 11.3 Å². The number of ether oxygens (including phenoxy) is 1. The molecule has 1 aliphatic heterocycles. The predicted molar refractivity (Wildman–Crippen MR) is 152 cm³/mol. The zero-order valence-corrected chi connectivity index (χ0v) is 22.6. The van der Waals surface area contributed by atoms with Crippen LogP contribution in [0.1, 0.15) is 22.9 Å². The topological polar surface area (TPSA) is 114 Å². The fourth-order valence-electron chi connectivity index (χ4n) is 4.79. The fourth-order valence-corrected chi connectivity index (χ4v) is 5.44. The number of fused-ring (bicyclic) bond motifs is 1. The van der Waals surface area contributed by atoms with Gasteiger partial charge in [0.05, 0.1) is 17.7 Å². The van der Waals surface area contributed by atoms with Crippen LogP contribution in [0.2, 0.25) is 0 Å². The average molecular weight is 558 g/mol. The molecule has 2 aromatic carbocycles. The van der Waals surface area contributed by atoms with Gasteiger partial charge in [-0.05, 0) is 35.7 Å². The van der Waals surface area contributed by atoms with Crippen LogP contribution in [-0.2, 0) is 11.2 Å². The summed E-state index contributed by atoms with van der Waals surface area (Å²) in [4.78, 5) is 35.9. The summed E-state index contributed by atoms with van der Waals surface area (Å²) in [6.07, 6.45) is 0.380. The molecule has 10 nitrogen and oxygen atoms in total. The summed E-state index contributed by atoms with van der Waals surface area (Å²) in [6.45, 7) is 2.30. The molecular weight excluding hydrogens is 530 g/mol. The molecule has 1 N–H and O–H groups in total. The lowest BCUT2D eigenvalue weighted by Crippen LogP contribution is -2.49. The van der Waals surface area contributed by atoms with Gasteiger partial charge < -0.3 is 28.8 Å². The van der Waals surface area contributed by atoms with Gasteiger partial charge in [-0.2, -0.15) is 4.98 Å². The third-order valence-corrected chi connectivity index (χ3v) is 7.69. The summed E-state index contributed by atoms with van der Waals surface area (Å²) in [5.41, 5.74) is 1.91. The number of carbonyl (C=O) groups is 2. The van der Waals surface area contributed by atoms with Gasteiger partial charge >= 0.3 is 0 Å². The number of nitrogens with zero attached hydrogens (tertiary/aromatic N) is 4. The number of rotatable bonds is 8. The first-order chi connectivity index (χ1) is 19.6. The van der Waals surface area contributed by atoms with Crippen molar-refractivity contribution >= 4 is 45.5 Å². The molecule has 1 saturated heterocycles. The summed E-state index contributed by atoms with van der Waals surface area (Å²) in [5, 5.41) is 9.52. The van der Waals surface area contributed by atoms with E-state index in [4.69, 9.17) is 13.7 Å². The van der Waals surface area contributed by atoms with E-state index in [1.54, 1.807) is 18.1 Å². The number of furan rings is 1. The Hall–Kier alpha value is -4.64. The van der Waals surface area contributed by atoms with Crippen molar-refractivity contribution in [2.45, 2.75) is 12.8 Å². The highest BCUT2D eigenvalue weighted by Gasteiger charge is 2.29. The minimum atomic E-state index is -0.280. The van der Waals surface area contributed by atoms with E-state index in [0.29, 0.717) is 54.6 Å². The molecule has 3 aromatic heterocycles. The Balaban J connectivity index is 1.15. The second-order valence-corrected chi connectivity index (χ2v) is 10.2. The van der Waals surface area contributed by atoms with Crippen molar-refractivity contribution < 1.29 is 23.3 Å². The summed E-state index contributed by atoms with van der Waals surface area (Å²) >= 11 is 1.52. The number of aryl methyl sites for hydroxylation is 1. The number of carbonyl (C=O) groups excluding carboxylic acids is 2. The molecule has 0 radical (unpaired) electrons. The van der Waals surface area contributed by atoms with Crippen LogP contribution in [0, 0.1) is 0 Å². The van der Waals surface area contributed by atoms with Gasteiger partial charge in [0.25, 0.3) is 5.91 Å². The lowest BCUT2D eigenvalue weighted by atomic mass is 10.2. The molecule has 11 heteroatoms. The van der Waals surface area contributed by atoms with Crippen LogP contribution in [0.3, 0.4) is 0 Å². The van der Waals surface area contributed by atoms with Crippen LogP contribution >= 0.6 is 11.3 Å². The normalized spacial score (nSPS) is 13.5.